The molecular formula is C10H18BaCuO4. The summed E-state index contributed by atoms with van der Waals surface area (Å²) in [6, 6.07) is 0. The molecule has 0 saturated heterocycles. The van der Waals surface area contributed by atoms with Crippen LogP contribution in [0.1, 0.15) is 27.7 Å². The fraction of sp³-hybridized carbons (Fsp3) is 0.400. The normalized spacial score (nSPS) is 10.0. The van der Waals surface area contributed by atoms with Gasteiger partial charge in [-0.1, -0.05) is 0 Å². The van der Waals surface area contributed by atoms with E-state index >= 15 is 0 Å². The second kappa shape index (κ2) is 15.5. The first-order valence-corrected chi connectivity index (χ1v) is 4.01. The first kappa shape index (κ1) is 25.4. The van der Waals surface area contributed by atoms with Gasteiger partial charge in [-0.3, -0.25) is 9.59 Å². The van der Waals surface area contributed by atoms with E-state index in [-0.39, 0.29) is 89.0 Å². The van der Waals surface area contributed by atoms with E-state index in [1.165, 1.54) is 39.8 Å². The second-order valence-corrected chi connectivity index (χ2v) is 2.79. The number of aliphatic hydroxyl groups excluding tert-OH is 2. The average molecular weight is 403 g/mol. The third-order valence-electron chi connectivity index (χ3n) is 0.824. The number of rotatable bonds is 2. The summed E-state index contributed by atoms with van der Waals surface area (Å²) in [6.45, 7) is 5.70. The maximum atomic E-state index is 10.0. The van der Waals surface area contributed by atoms with Gasteiger partial charge in [0.2, 0.25) is 0 Å². The molecule has 6 heteroatoms. The molecule has 0 amide bonds. The SMILES string of the molecule is CC(=O)/C=C(/C)O.CC(=O)/C=C(/C)O.[BaH2].[Cu]. The number of ketones is 2. The van der Waals surface area contributed by atoms with Crippen molar-refractivity contribution in [2.24, 2.45) is 0 Å². The van der Waals surface area contributed by atoms with Crippen molar-refractivity contribution < 1.29 is 36.9 Å². The van der Waals surface area contributed by atoms with Gasteiger partial charge in [0.1, 0.15) is 0 Å². The Bertz CT molecular complexity index is 236. The summed E-state index contributed by atoms with van der Waals surface area (Å²) in [4.78, 5) is 20.0. The third-order valence-corrected chi connectivity index (χ3v) is 0.824. The molecular weight excluding hydrogens is 385 g/mol. The van der Waals surface area contributed by atoms with Crippen LogP contribution in [-0.4, -0.2) is 70.7 Å². The Kier molecular flexibility index (Phi) is 24.6. The monoisotopic (exact) mass is 403 g/mol. The molecule has 2 N–H and O–H groups in total. The Morgan fingerprint density at radius 1 is 0.812 bits per heavy atom. The van der Waals surface area contributed by atoms with E-state index in [4.69, 9.17) is 10.2 Å². The molecule has 0 unspecified atom stereocenters. The largest absolute Gasteiger partial charge is 0 e. The molecule has 0 fully saturated rings. The summed E-state index contributed by atoms with van der Waals surface area (Å²) < 4.78 is 0. The van der Waals surface area contributed by atoms with Crippen LogP contribution in [0.25, 0.3) is 0 Å². The van der Waals surface area contributed by atoms with Gasteiger partial charge < -0.3 is 10.2 Å². The number of carbonyl (C=O) groups is 2. The van der Waals surface area contributed by atoms with Crippen LogP contribution in [-0.2, 0) is 26.7 Å². The van der Waals surface area contributed by atoms with Crippen LogP contribution in [0.5, 0.6) is 0 Å². The number of hydrogen-bond donors (Lipinski definition) is 2. The van der Waals surface area contributed by atoms with Gasteiger partial charge >= 0.3 is 48.9 Å². The number of aliphatic hydroxyl groups is 2. The van der Waals surface area contributed by atoms with Crippen LogP contribution in [0.4, 0.5) is 0 Å². The van der Waals surface area contributed by atoms with Gasteiger partial charge in [0.05, 0.1) is 11.5 Å². The molecule has 0 rings (SSSR count). The Morgan fingerprint density at radius 3 is 1.00 bits per heavy atom. The molecule has 0 saturated carbocycles. The molecule has 0 spiro atoms. The van der Waals surface area contributed by atoms with Crippen LogP contribution < -0.4 is 0 Å². The van der Waals surface area contributed by atoms with Gasteiger partial charge in [-0.15, -0.1) is 0 Å². The predicted molar refractivity (Wildman–Crippen MR) is 62.7 cm³/mol. The van der Waals surface area contributed by atoms with Gasteiger partial charge in [-0.05, 0) is 27.7 Å². The molecule has 0 atom stereocenters. The Labute approximate surface area is 147 Å². The number of allylic oxidation sites excluding steroid dienone is 4. The first-order valence-electron chi connectivity index (χ1n) is 4.01. The molecule has 0 aliphatic heterocycles. The Balaban J connectivity index is -0.0000000800. The smallest absolute Gasteiger partial charge is 0 e. The molecule has 0 aromatic heterocycles. The molecule has 0 aliphatic carbocycles. The van der Waals surface area contributed by atoms with Crippen LogP contribution in [0, 0.1) is 0 Å². The molecule has 95 valence electrons. The second-order valence-electron chi connectivity index (χ2n) is 2.79. The van der Waals surface area contributed by atoms with E-state index in [0.717, 1.165) is 0 Å². The molecule has 1 radical (unpaired) electrons. The molecule has 0 bridgehead atoms. The van der Waals surface area contributed by atoms with Crippen molar-refractivity contribution in [2.45, 2.75) is 27.7 Å². The van der Waals surface area contributed by atoms with E-state index in [1.54, 1.807) is 0 Å². The maximum absolute atomic E-state index is 10.0. The first-order chi connectivity index (χ1) is 6.25. The van der Waals surface area contributed by atoms with E-state index in [9.17, 15) is 9.59 Å². The minimum Gasteiger partial charge on any atom is 0 e. The van der Waals surface area contributed by atoms with Crippen LogP contribution in [0.3, 0.4) is 0 Å². The van der Waals surface area contributed by atoms with Gasteiger partial charge in [0, 0.05) is 29.2 Å². The van der Waals surface area contributed by atoms with Crippen LogP contribution >= 0.6 is 0 Å². The van der Waals surface area contributed by atoms with E-state index in [1.807, 2.05) is 0 Å². The zero-order valence-electron chi connectivity index (χ0n) is 9.17. The average Bonchev–Trinajstić information content (AvgIpc) is 1.79. The summed E-state index contributed by atoms with van der Waals surface area (Å²) in [6.07, 6.45) is 2.33. The van der Waals surface area contributed by atoms with Gasteiger partial charge in [-0.25, -0.2) is 0 Å². The van der Waals surface area contributed by atoms with Crippen molar-refractivity contribution in [1.29, 1.82) is 0 Å². The fourth-order valence-corrected chi connectivity index (χ4v) is 0.588. The topological polar surface area (TPSA) is 74.6 Å². The van der Waals surface area contributed by atoms with E-state index in [0.29, 0.717) is 0 Å². The zero-order valence-corrected chi connectivity index (χ0v) is 10.1. The van der Waals surface area contributed by atoms with E-state index < -0.39 is 0 Å². The van der Waals surface area contributed by atoms with Crippen molar-refractivity contribution in [3.8, 4) is 0 Å². The van der Waals surface area contributed by atoms with E-state index in [2.05, 4.69) is 0 Å². The zero-order chi connectivity index (χ0) is 11.7. The van der Waals surface area contributed by atoms with Crippen LogP contribution in [0.15, 0.2) is 23.7 Å². The predicted octanol–water partition coefficient (Wildman–Crippen LogP) is 1.16. The van der Waals surface area contributed by atoms with Crippen molar-refractivity contribution >= 4 is 60.4 Å². The van der Waals surface area contributed by atoms with Crippen molar-refractivity contribution in [3.05, 3.63) is 23.7 Å². The summed E-state index contributed by atoms with van der Waals surface area (Å²) in [5.74, 6) is -0.125. The molecule has 0 aromatic rings. The Hall–Kier alpha value is 0.511. The number of hydrogen-bond acceptors (Lipinski definition) is 4. The maximum Gasteiger partial charge on any atom is 0 e. The minimum absolute atomic E-state index is 0. The van der Waals surface area contributed by atoms with Gasteiger partial charge in [0.25, 0.3) is 0 Å². The van der Waals surface area contributed by atoms with Crippen LogP contribution in [0.2, 0.25) is 0 Å². The minimum atomic E-state index is -0.125. The quantitative estimate of drug-likeness (QED) is 0.413. The standard InChI is InChI=1S/2C5H8O2.Ba.Cu.2H/c2*1-4(6)3-5(2)7;;;;/h2*3,6H,1-2H3;;;;/b2*4-3-;;;;. The summed E-state index contributed by atoms with van der Waals surface area (Å²) in [5, 5.41) is 16.7. The molecule has 4 nitrogen and oxygen atoms in total. The summed E-state index contributed by atoms with van der Waals surface area (Å²) >= 11 is 0. The number of carbonyl (C=O) groups excluding carboxylic acids is 2. The van der Waals surface area contributed by atoms with Crippen molar-refractivity contribution in [2.75, 3.05) is 0 Å². The van der Waals surface area contributed by atoms with Crippen molar-refractivity contribution in [1.82, 2.24) is 0 Å². The molecule has 0 heterocycles. The summed E-state index contributed by atoms with van der Waals surface area (Å²) in [7, 11) is 0. The van der Waals surface area contributed by atoms with Crippen molar-refractivity contribution in [3.63, 3.8) is 0 Å². The fourth-order valence-electron chi connectivity index (χ4n) is 0.588. The molecule has 16 heavy (non-hydrogen) atoms. The van der Waals surface area contributed by atoms with Gasteiger partial charge in [0.15, 0.2) is 11.6 Å². The Morgan fingerprint density at radius 2 is 1.00 bits per heavy atom. The summed E-state index contributed by atoms with van der Waals surface area (Å²) in [5.41, 5.74) is 0. The molecule has 0 aliphatic rings. The molecule has 0 aromatic carbocycles. The van der Waals surface area contributed by atoms with Gasteiger partial charge in [-0.2, -0.15) is 0 Å². The third kappa shape index (κ3) is 36.6.